The largest absolute Gasteiger partial charge is 0.310 e. The van der Waals surface area contributed by atoms with Crippen LogP contribution in [0.4, 0.5) is 0 Å². The quantitative estimate of drug-likeness (QED) is 0.922. The highest BCUT2D eigenvalue weighted by Gasteiger charge is 2.24. The van der Waals surface area contributed by atoms with E-state index in [1.165, 1.54) is 24.1 Å². The lowest BCUT2D eigenvalue weighted by Gasteiger charge is -2.23. The molecular weight excluding hydrogens is 293 g/mol. The Morgan fingerprint density at radius 2 is 2.25 bits per heavy atom. The maximum Gasteiger partial charge on any atom is 0.0836 e. The van der Waals surface area contributed by atoms with Gasteiger partial charge in [0.15, 0.2) is 0 Å². The smallest absolute Gasteiger partial charge is 0.0836 e. The minimum absolute atomic E-state index is 0.406. The molecule has 1 heterocycles. The fourth-order valence-electron chi connectivity index (χ4n) is 2.88. The molecule has 0 spiro atoms. The highest BCUT2D eigenvalue weighted by atomic mass is 35.5. The van der Waals surface area contributed by atoms with Crippen LogP contribution in [-0.2, 0) is 6.42 Å². The number of nitrogens with zero attached hydrogens (tertiary/aromatic N) is 2. The minimum Gasteiger partial charge on any atom is -0.310 e. The summed E-state index contributed by atoms with van der Waals surface area (Å²) < 4.78 is 1.96. The lowest BCUT2D eigenvalue weighted by atomic mass is 9.93. The zero-order valence-corrected chi connectivity index (χ0v) is 12.9. The van der Waals surface area contributed by atoms with E-state index in [1.54, 1.807) is 6.07 Å². The number of benzene rings is 1. The fourth-order valence-corrected chi connectivity index (χ4v) is 3.36. The standard InChI is InChI=1S/C15H17Cl2N3/c1-2-18-13-4-3-5-14-11(13)9-19-20(14)15-7-6-10(16)8-12(15)17/h6-9,13,18H,2-5H2,1H3. The third-order valence-corrected chi connectivity index (χ3v) is 4.31. The topological polar surface area (TPSA) is 29.9 Å². The number of hydrogen-bond donors (Lipinski definition) is 1. The van der Waals surface area contributed by atoms with E-state index in [2.05, 4.69) is 17.3 Å². The Labute approximate surface area is 128 Å². The lowest BCUT2D eigenvalue weighted by Crippen LogP contribution is -2.25. The van der Waals surface area contributed by atoms with Crippen molar-refractivity contribution >= 4 is 23.2 Å². The second-order valence-corrected chi connectivity index (χ2v) is 5.90. The van der Waals surface area contributed by atoms with Crippen LogP contribution in [0.1, 0.15) is 37.1 Å². The predicted octanol–water partition coefficient (Wildman–Crippen LogP) is 4.17. The van der Waals surface area contributed by atoms with Gasteiger partial charge in [-0.1, -0.05) is 30.1 Å². The van der Waals surface area contributed by atoms with E-state index >= 15 is 0 Å². The van der Waals surface area contributed by atoms with Crippen LogP contribution in [0, 0.1) is 0 Å². The average Bonchev–Trinajstić information content (AvgIpc) is 2.84. The number of fused-ring (bicyclic) bond motifs is 1. The van der Waals surface area contributed by atoms with Crippen LogP contribution in [0.25, 0.3) is 5.69 Å². The van der Waals surface area contributed by atoms with Crippen molar-refractivity contribution in [2.24, 2.45) is 0 Å². The van der Waals surface area contributed by atoms with Gasteiger partial charge < -0.3 is 5.32 Å². The summed E-state index contributed by atoms with van der Waals surface area (Å²) in [6.07, 6.45) is 5.34. The average molecular weight is 310 g/mol. The van der Waals surface area contributed by atoms with Crippen LogP contribution in [0.2, 0.25) is 10.0 Å². The first kappa shape index (κ1) is 13.9. The first-order chi connectivity index (χ1) is 9.70. The predicted molar refractivity (Wildman–Crippen MR) is 82.9 cm³/mol. The molecule has 1 atom stereocenters. The maximum atomic E-state index is 6.30. The summed E-state index contributed by atoms with van der Waals surface area (Å²) in [5.74, 6) is 0. The van der Waals surface area contributed by atoms with Crippen molar-refractivity contribution < 1.29 is 0 Å². The van der Waals surface area contributed by atoms with Gasteiger partial charge in [0.05, 0.1) is 16.9 Å². The molecule has 1 unspecified atom stereocenters. The molecule has 0 saturated heterocycles. The Morgan fingerprint density at radius 1 is 1.40 bits per heavy atom. The van der Waals surface area contributed by atoms with Crippen LogP contribution in [0.3, 0.4) is 0 Å². The molecule has 0 saturated carbocycles. The number of rotatable bonds is 3. The zero-order chi connectivity index (χ0) is 14.1. The third kappa shape index (κ3) is 2.46. The molecule has 0 amide bonds. The lowest BCUT2D eigenvalue weighted by molar-refractivity contribution is 0.467. The molecule has 1 aliphatic carbocycles. The van der Waals surface area contributed by atoms with Crippen molar-refractivity contribution in [3.05, 3.63) is 45.7 Å². The van der Waals surface area contributed by atoms with Crippen molar-refractivity contribution in [2.75, 3.05) is 6.54 Å². The fraction of sp³-hybridized carbons (Fsp3) is 0.400. The van der Waals surface area contributed by atoms with Crippen molar-refractivity contribution in [3.63, 3.8) is 0 Å². The van der Waals surface area contributed by atoms with Crippen LogP contribution in [-0.4, -0.2) is 16.3 Å². The van der Waals surface area contributed by atoms with E-state index in [-0.39, 0.29) is 0 Å². The highest BCUT2D eigenvalue weighted by Crippen LogP contribution is 2.33. The number of halogens is 2. The van der Waals surface area contributed by atoms with E-state index in [9.17, 15) is 0 Å². The van der Waals surface area contributed by atoms with Gasteiger partial charge in [0.25, 0.3) is 0 Å². The molecule has 2 aromatic rings. The first-order valence-corrected chi connectivity index (χ1v) is 7.72. The summed E-state index contributed by atoms with van der Waals surface area (Å²) in [5, 5.41) is 9.34. The third-order valence-electron chi connectivity index (χ3n) is 3.77. The van der Waals surface area contributed by atoms with Crippen LogP contribution < -0.4 is 5.32 Å². The number of hydrogen-bond acceptors (Lipinski definition) is 2. The minimum atomic E-state index is 0.406. The van der Waals surface area contributed by atoms with E-state index in [0.29, 0.717) is 16.1 Å². The molecule has 0 aliphatic heterocycles. The Balaban J connectivity index is 2.04. The molecule has 1 aromatic carbocycles. The van der Waals surface area contributed by atoms with Gasteiger partial charge in [-0.2, -0.15) is 5.10 Å². The summed E-state index contributed by atoms with van der Waals surface area (Å²) in [5.41, 5.74) is 3.45. The summed E-state index contributed by atoms with van der Waals surface area (Å²) in [7, 11) is 0. The number of nitrogens with one attached hydrogen (secondary N) is 1. The molecular formula is C15H17Cl2N3. The molecule has 0 bridgehead atoms. The second-order valence-electron chi connectivity index (χ2n) is 5.06. The summed E-state index contributed by atoms with van der Waals surface area (Å²) in [4.78, 5) is 0. The van der Waals surface area contributed by atoms with Crippen LogP contribution in [0.15, 0.2) is 24.4 Å². The Kier molecular flexibility index (Phi) is 4.01. The van der Waals surface area contributed by atoms with Crippen molar-refractivity contribution in [2.45, 2.75) is 32.2 Å². The summed E-state index contributed by atoms with van der Waals surface area (Å²) in [6, 6.07) is 5.94. The highest BCUT2D eigenvalue weighted by molar-refractivity contribution is 6.35. The second kappa shape index (κ2) is 5.76. The monoisotopic (exact) mass is 309 g/mol. The van der Waals surface area contributed by atoms with Gasteiger partial charge in [-0.3, -0.25) is 0 Å². The van der Waals surface area contributed by atoms with Crippen LogP contribution in [0.5, 0.6) is 0 Å². The maximum absolute atomic E-state index is 6.30. The van der Waals surface area contributed by atoms with E-state index in [1.807, 2.05) is 23.0 Å². The zero-order valence-electron chi connectivity index (χ0n) is 11.4. The van der Waals surface area contributed by atoms with Crippen molar-refractivity contribution in [1.29, 1.82) is 0 Å². The van der Waals surface area contributed by atoms with Gasteiger partial charge in [-0.05, 0) is 44.0 Å². The molecule has 3 nitrogen and oxygen atoms in total. The van der Waals surface area contributed by atoms with Gasteiger partial charge in [0.2, 0.25) is 0 Å². The molecule has 5 heteroatoms. The van der Waals surface area contributed by atoms with Crippen molar-refractivity contribution in [3.8, 4) is 5.69 Å². The molecule has 20 heavy (non-hydrogen) atoms. The summed E-state index contributed by atoms with van der Waals surface area (Å²) in [6.45, 7) is 3.10. The normalized spacial score (nSPS) is 18.1. The molecule has 106 valence electrons. The van der Waals surface area contributed by atoms with E-state index < -0.39 is 0 Å². The molecule has 0 radical (unpaired) electrons. The van der Waals surface area contributed by atoms with Crippen LogP contribution >= 0.6 is 23.2 Å². The molecule has 1 aliphatic rings. The van der Waals surface area contributed by atoms with Crippen molar-refractivity contribution in [1.82, 2.24) is 15.1 Å². The van der Waals surface area contributed by atoms with Gasteiger partial charge in [0, 0.05) is 22.3 Å². The molecule has 3 rings (SSSR count). The number of aromatic nitrogens is 2. The molecule has 1 aromatic heterocycles. The Hall–Kier alpha value is -1.03. The van der Waals surface area contributed by atoms with E-state index in [0.717, 1.165) is 18.7 Å². The SMILES string of the molecule is CCNC1CCCc2c1cnn2-c1ccc(Cl)cc1Cl. The summed E-state index contributed by atoms with van der Waals surface area (Å²) >= 11 is 12.3. The molecule has 0 fully saturated rings. The van der Waals surface area contributed by atoms with Gasteiger partial charge in [-0.15, -0.1) is 0 Å². The van der Waals surface area contributed by atoms with E-state index in [4.69, 9.17) is 23.2 Å². The Morgan fingerprint density at radius 3 is 3.00 bits per heavy atom. The first-order valence-electron chi connectivity index (χ1n) is 6.96. The van der Waals surface area contributed by atoms with Gasteiger partial charge in [-0.25, -0.2) is 4.68 Å². The molecule has 1 N–H and O–H groups in total. The van der Waals surface area contributed by atoms with Gasteiger partial charge >= 0.3 is 0 Å². The Bertz CT molecular complexity index is 622. The van der Waals surface area contributed by atoms with Gasteiger partial charge in [0.1, 0.15) is 0 Å².